The minimum atomic E-state index is -0.368. The lowest BCUT2D eigenvalue weighted by atomic mass is 9.94. The molecule has 0 bridgehead atoms. The van der Waals surface area contributed by atoms with E-state index in [0.717, 1.165) is 14.8 Å². The Kier molecular flexibility index (Phi) is 3.97. The van der Waals surface area contributed by atoms with Crippen LogP contribution in [0.3, 0.4) is 0 Å². The number of thiophene rings is 1. The molecule has 0 aliphatic carbocycles. The first-order chi connectivity index (χ1) is 10.0. The summed E-state index contributed by atoms with van der Waals surface area (Å²) in [5.74, 6) is 0.101. The van der Waals surface area contributed by atoms with Crippen molar-refractivity contribution in [2.24, 2.45) is 5.92 Å². The molecule has 0 radical (unpaired) electrons. The Hall–Kier alpha value is -1.43. The molecule has 21 heavy (non-hydrogen) atoms. The quantitative estimate of drug-likeness (QED) is 0.945. The number of aliphatic hydroxyl groups excluding tert-OH is 1. The van der Waals surface area contributed by atoms with Crippen LogP contribution in [-0.2, 0) is 0 Å². The predicted octanol–water partition coefficient (Wildman–Crippen LogP) is 2.92. The molecule has 1 aliphatic rings. The second kappa shape index (κ2) is 5.75. The van der Waals surface area contributed by atoms with Crippen molar-refractivity contribution in [3.05, 3.63) is 40.5 Å². The van der Waals surface area contributed by atoms with Crippen molar-refractivity contribution < 1.29 is 9.90 Å². The van der Waals surface area contributed by atoms with Gasteiger partial charge in [0.15, 0.2) is 0 Å². The molecule has 1 atom stereocenters. The van der Waals surface area contributed by atoms with Gasteiger partial charge < -0.3 is 10.0 Å². The van der Waals surface area contributed by atoms with E-state index in [4.69, 9.17) is 11.6 Å². The van der Waals surface area contributed by atoms with Crippen LogP contribution in [0.5, 0.6) is 0 Å². The molecule has 0 spiro atoms. The second-order valence-corrected chi connectivity index (χ2v) is 6.96. The monoisotopic (exact) mass is 322 g/mol. The zero-order valence-corrected chi connectivity index (χ0v) is 13.1. The molecule has 6 heteroatoms. The van der Waals surface area contributed by atoms with Crippen molar-refractivity contribution in [1.29, 1.82) is 0 Å². The van der Waals surface area contributed by atoms with Crippen molar-refractivity contribution in [2.45, 2.75) is 13.0 Å². The molecule has 110 valence electrons. The largest absolute Gasteiger partial charge is 0.393 e. The van der Waals surface area contributed by atoms with E-state index < -0.39 is 0 Å². The number of pyridine rings is 1. The highest BCUT2D eigenvalue weighted by atomic mass is 35.5. The summed E-state index contributed by atoms with van der Waals surface area (Å²) in [5, 5.41) is 9.44. The van der Waals surface area contributed by atoms with Gasteiger partial charge >= 0.3 is 0 Å². The summed E-state index contributed by atoms with van der Waals surface area (Å²) < 4.78 is 0.731. The lowest BCUT2D eigenvalue weighted by molar-refractivity contribution is 0.00846. The minimum Gasteiger partial charge on any atom is -0.393 e. The highest BCUT2D eigenvalue weighted by Crippen LogP contribution is 2.30. The van der Waals surface area contributed by atoms with E-state index in [1.54, 1.807) is 24.1 Å². The fourth-order valence-corrected chi connectivity index (χ4v) is 3.31. The maximum absolute atomic E-state index is 12.2. The molecule has 3 heterocycles. The maximum Gasteiger partial charge on any atom is 0.272 e. The first kappa shape index (κ1) is 14.5. The molecule has 0 saturated carbocycles. The molecule has 2 aromatic rings. The predicted molar refractivity (Wildman–Crippen MR) is 83.6 cm³/mol. The fourth-order valence-electron chi connectivity index (χ4n) is 2.28. The van der Waals surface area contributed by atoms with E-state index in [2.05, 4.69) is 4.98 Å². The van der Waals surface area contributed by atoms with Crippen LogP contribution in [0.4, 0.5) is 0 Å². The number of nitrogens with zero attached hydrogens (tertiary/aromatic N) is 2. The summed E-state index contributed by atoms with van der Waals surface area (Å²) in [6, 6.07) is 7.40. The smallest absolute Gasteiger partial charge is 0.272 e. The zero-order chi connectivity index (χ0) is 15.0. The van der Waals surface area contributed by atoms with Gasteiger partial charge in [0.1, 0.15) is 5.69 Å². The van der Waals surface area contributed by atoms with Gasteiger partial charge in [0.05, 0.1) is 10.4 Å². The third-order valence-corrected chi connectivity index (χ3v) is 5.00. The van der Waals surface area contributed by atoms with Crippen molar-refractivity contribution in [3.63, 3.8) is 0 Å². The standard InChI is InChI=1S/C15H15ClN2O2S/c1-9(19)11-7-18(8-11)15(20)12-3-2-10(6-17-12)13-4-5-14(16)21-13/h2-6,9,11,19H,7-8H2,1H3/t9-/m0/s1. The van der Waals surface area contributed by atoms with Gasteiger partial charge in [0.2, 0.25) is 0 Å². The SMILES string of the molecule is C[C@H](O)C1CN(C(=O)c2ccc(-c3ccc(Cl)s3)cn2)C1. The Morgan fingerprint density at radius 2 is 2.19 bits per heavy atom. The first-order valence-corrected chi connectivity index (χ1v) is 7.93. The lowest BCUT2D eigenvalue weighted by Crippen LogP contribution is -2.53. The molecule has 2 aromatic heterocycles. The number of halogens is 1. The van der Waals surface area contributed by atoms with Gasteiger partial charge in [-0.05, 0) is 31.2 Å². The first-order valence-electron chi connectivity index (χ1n) is 6.73. The molecule has 1 N–H and O–H groups in total. The number of aliphatic hydroxyl groups is 1. The number of carbonyl (C=O) groups excluding carboxylic acids is 1. The Morgan fingerprint density at radius 1 is 1.43 bits per heavy atom. The van der Waals surface area contributed by atoms with Crippen LogP contribution in [0.1, 0.15) is 17.4 Å². The fraction of sp³-hybridized carbons (Fsp3) is 0.333. The highest BCUT2D eigenvalue weighted by molar-refractivity contribution is 7.19. The number of carbonyl (C=O) groups is 1. The van der Waals surface area contributed by atoms with Crippen LogP contribution in [0, 0.1) is 5.92 Å². The Balaban J connectivity index is 1.69. The summed E-state index contributed by atoms with van der Waals surface area (Å²) in [4.78, 5) is 19.2. The Bertz CT molecular complexity index is 648. The van der Waals surface area contributed by atoms with Crippen LogP contribution in [0.15, 0.2) is 30.5 Å². The molecule has 0 aromatic carbocycles. The number of rotatable bonds is 3. The molecule has 1 amide bonds. The van der Waals surface area contributed by atoms with Gasteiger partial charge in [-0.2, -0.15) is 0 Å². The topological polar surface area (TPSA) is 53.4 Å². The summed E-state index contributed by atoms with van der Waals surface area (Å²) in [6.07, 6.45) is 1.33. The van der Waals surface area contributed by atoms with E-state index in [9.17, 15) is 9.90 Å². The van der Waals surface area contributed by atoms with Gasteiger partial charge in [-0.1, -0.05) is 11.6 Å². The van der Waals surface area contributed by atoms with Crippen LogP contribution >= 0.6 is 22.9 Å². The molecular formula is C15H15ClN2O2S. The van der Waals surface area contributed by atoms with E-state index in [1.165, 1.54) is 11.3 Å². The minimum absolute atomic E-state index is 0.0809. The number of amides is 1. The van der Waals surface area contributed by atoms with E-state index >= 15 is 0 Å². The van der Waals surface area contributed by atoms with Crippen molar-refractivity contribution in [1.82, 2.24) is 9.88 Å². The van der Waals surface area contributed by atoms with E-state index in [1.807, 2.05) is 18.2 Å². The van der Waals surface area contributed by atoms with Crippen LogP contribution in [0.25, 0.3) is 10.4 Å². The van der Waals surface area contributed by atoms with E-state index in [-0.39, 0.29) is 17.9 Å². The average molecular weight is 323 g/mol. The molecule has 1 aliphatic heterocycles. The Labute approximate surface area is 132 Å². The number of hydrogen-bond donors (Lipinski definition) is 1. The van der Waals surface area contributed by atoms with Gasteiger partial charge in [-0.3, -0.25) is 9.78 Å². The van der Waals surface area contributed by atoms with E-state index in [0.29, 0.717) is 18.8 Å². The molecule has 0 unspecified atom stereocenters. The molecule has 4 nitrogen and oxygen atoms in total. The summed E-state index contributed by atoms with van der Waals surface area (Å²) >= 11 is 7.40. The van der Waals surface area contributed by atoms with Crippen molar-refractivity contribution in [3.8, 4) is 10.4 Å². The summed E-state index contributed by atoms with van der Waals surface area (Å²) in [5.41, 5.74) is 1.39. The lowest BCUT2D eigenvalue weighted by Gasteiger charge is -2.40. The third kappa shape index (κ3) is 2.95. The van der Waals surface area contributed by atoms with Crippen LogP contribution in [-0.4, -0.2) is 40.1 Å². The molecular weight excluding hydrogens is 308 g/mol. The van der Waals surface area contributed by atoms with Gasteiger partial charge in [0.25, 0.3) is 5.91 Å². The summed E-state index contributed by atoms with van der Waals surface area (Å²) in [6.45, 7) is 2.95. The average Bonchev–Trinajstić information content (AvgIpc) is 2.83. The number of aromatic nitrogens is 1. The normalized spacial score (nSPS) is 16.6. The number of likely N-dealkylation sites (tertiary alicyclic amines) is 1. The van der Waals surface area contributed by atoms with Crippen molar-refractivity contribution >= 4 is 28.8 Å². The highest BCUT2D eigenvalue weighted by Gasteiger charge is 2.34. The van der Waals surface area contributed by atoms with Crippen LogP contribution in [0.2, 0.25) is 4.34 Å². The zero-order valence-electron chi connectivity index (χ0n) is 11.5. The van der Waals surface area contributed by atoms with Crippen molar-refractivity contribution in [2.75, 3.05) is 13.1 Å². The maximum atomic E-state index is 12.2. The third-order valence-electron chi connectivity index (χ3n) is 3.72. The van der Waals surface area contributed by atoms with Gasteiger partial charge in [-0.25, -0.2) is 0 Å². The van der Waals surface area contributed by atoms with Gasteiger partial charge in [-0.15, -0.1) is 11.3 Å². The second-order valence-electron chi connectivity index (χ2n) is 5.25. The van der Waals surface area contributed by atoms with Gasteiger partial charge in [0, 0.05) is 35.6 Å². The number of hydrogen-bond acceptors (Lipinski definition) is 4. The van der Waals surface area contributed by atoms with Crippen LogP contribution < -0.4 is 0 Å². The molecule has 3 rings (SSSR count). The Morgan fingerprint density at radius 3 is 2.71 bits per heavy atom. The molecule has 1 fully saturated rings. The molecule has 1 saturated heterocycles. The summed E-state index contributed by atoms with van der Waals surface area (Å²) in [7, 11) is 0.